The van der Waals surface area contributed by atoms with Gasteiger partial charge in [0.15, 0.2) is 6.04 Å². The number of carboxylic acids is 1. The molecular formula is C28H34N6O5S. The van der Waals surface area contributed by atoms with Crippen LogP contribution in [0.4, 0.5) is 0 Å². The van der Waals surface area contributed by atoms with E-state index in [0.717, 1.165) is 34.7 Å². The van der Waals surface area contributed by atoms with E-state index in [1.54, 1.807) is 40.7 Å². The minimum absolute atomic E-state index is 0.00898. The summed E-state index contributed by atoms with van der Waals surface area (Å²) in [6, 6.07) is 3.82. The molecule has 40 heavy (non-hydrogen) atoms. The number of aryl methyl sites for hydroxylation is 1. The van der Waals surface area contributed by atoms with E-state index in [-0.39, 0.29) is 18.9 Å². The van der Waals surface area contributed by atoms with Crippen molar-refractivity contribution < 1.29 is 24.6 Å². The third-order valence-electron chi connectivity index (χ3n) is 7.49. The second-order valence-electron chi connectivity index (χ2n) is 11.7. The number of nitrogens with zero attached hydrogens (tertiary/aromatic N) is 5. The van der Waals surface area contributed by atoms with Crippen molar-refractivity contribution in [2.45, 2.75) is 77.1 Å². The first-order valence-electron chi connectivity index (χ1n) is 13.4. The van der Waals surface area contributed by atoms with E-state index in [9.17, 15) is 24.6 Å². The molecule has 0 spiro atoms. The predicted octanol–water partition coefficient (Wildman–Crippen LogP) is 3.08. The van der Waals surface area contributed by atoms with Gasteiger partial charge in [-0.2, -0.15) is 0 Å². The standard InChI is InChI=1S/C28H34N6O5S/c1-15-23(40-14-29-15)18-9-7-17(8-10-18)22(27(38)39)30-25(36)21-11-19(35)12-33(21)26(37)24(28(2,3)4)34-13-20(31-32-34)16-5-6-16/h7-10,13-14,16,19,21-22,24,35H,5-6,11-12H2,1-4H3,(H,30,36)(H,38,39)/t19-,21+,22-,24-/m1/s1. The van der Waals surface area contributed by atoms with Gasteiger partial charge in [-0.15, -0.1) is 16.4 Å². The van der Waals surface area contributed by atoms with Gasteiger partial charge in [0.05, 0.1) is 27.9 Å². The Kier molecular flexibility index (Phi) is 7.49. The summed E-state index contributed by atoms with van der Waals surface area (Å²) in [6.45, 7) is 7.60. The summed E-state index contributed by atoms with van der Waals surface area (Å²) in [6.07, 6.45) is 2.99. The van der Waals surface area contributed by atoms with Crippen LogP contribution in [-0.4, -0.2) is 71.6 Å². The zero-order valence-corrected chi connectivity index (χ0v) is 23.8. The number of aliphatic hydroxyl groups excluding tert-OH is 1. The monoisotopic (exact) mass is 566 g/mol. The van der Waals surface area contributed by atoms with Gasteiger partial charge in [-0.25, -0.2) is 14.5 Å². The van der Waals surface area contributed by atoms with Crippen molar-refractivity contribution in [3.63, 3.8) is 0 Å². The number of benzene rings is 1. The first-order chi connectivity index (χ1) is 18.9. The average molecular weight is 567 g/mol. The number of rotatable bonds is 8. The predicted molar refractivity (Wildman–Crippen MR) is 147 cm³/mol. The summed E-state index contributed by atoms with van der Waals surface area (Å²) in [5.41, 5.74) is 4.21. The second kappa shape index (κ2) is 10.7. The van der Waals surface area contributed by atoms with E-state index >= 15 is 0 Å². The van der Waals surface area contributed by atoms with E-state index in [1.165, 1.54) is 16.2 Å². The molecule has 1 saturated carbocycles. The maximum absolute atomic E-state index is 13.9. The van der Waals surface area contributed by atoms with Crippen LogP contribution in [0, 0.1) is 12.3 Å². The Balaban J connectivity index is 1.36. The van der Waals surface area contributed by atoms with Crippen molar-refractivity contribution in [1.82, 2.24) is 30.2 Å². The highest BCUT2D eigenvalue weighted by Crippen LogP contribution is 2.40. The lowest BCUT2D eigenvalue weighted by molar-refractivity contribution is -0.146. The zero-order chi connectivity index (χ0) is 28.8. The third-order valence-corrected chi connectivity index (χ3v) is 8.47. The summed E-state index contributed by atoms with van der Waals surface area (Å²) in [4.78, 5) is 46.2. The van der Waals surface area contributed by atoms with Gasteiger partial charge in [-0.3, -0.25) is 9.59 Å². The zero-order valence-electron chi connectivity index (χ0n) is 22.9. The van der Waals surface area contributed by atoms with Crippen LogP contribution >= 0.6 is 11.3 Å². The summed E-state index contributed by atoms with van der Waals surface area (Å²) in [5, 5.41) is 31.6. The summed E-state index contributed by atoms with van der Waals surface area (Å²) < 4.78 is 1.56. The quantitative estimate of drug-likeness (QED) is 0.376. The van der Waals surface area contributed by atoms with Crippen LogP contribution in [0.2, 0.25) is 0 Å². The molecule has 11 nitrogen and oxygen atoms in total. The molecule has 2 fully saturated rings. The maximum Gasteiger partial charge on any atom is 0.330 e. The summed E-state index contributed by atoms with van der Waals surface area (Å²) in [5.74, 6) is -1.86. The molecule has 1 aliphatic carbocycles. The van der Waals surface area contributed by atoms with Crippen LogP contribution in [0.25, 0.3) is 10.4 Å². The van der Waals surface area contributed by atoms with Crippen LogP contribution in [-0.2, 0) is 14.4 Å². The molecule has 1 aliphatic heterocycles. The minimum atomic E-state index is -1.33. The smallest absolute Gasteiger partial charge is 0.330 e. The molecule has 1 saturated heterocycles. The molecule has 1 aromatic carbocycles. The number of hydrogen-bond donors (Lipinski definition) is 3. The molecule has 0 unspecified atom stereocenters. The Hall–Kier alpha value is -3.64. The Bertz CT molecular complexity index is 1410. The molecule has 3 heterocycles. The van der Waals surface area contributed by atoms with Gasteiger partial charge in [-0.05, 0) is 36.3 Å². The van der Waals surface area contributed by atoms with Crippen molar-refractivity contribution >= 4 is 29.1 Å². The lowest BCUT2D eigenvalue weighted by Gasteiger charge is -2.34. The SMILES string of the molecule is Cc1ncsc1-c1ccc([C@@H](NC(=O)[C@@H]2C[C@@H](O)CN2C(=O)[C@@H](n2cc(C3CC3)nn2)C(C)(C)C)C(=O)O)cc1. The Labute approximate surface area is 236 Å². The molecule has 0 bridgehead atoms. The first-order valence-corrected chi connectivity index (χ1v) is 14.3. The molecule has 3 aromatic rings. The molecule has 5 rings (SSSR count). The lowest BCUT2D eigenvalue weighted by atomic mass is 9.85. The van der Waals surface area contributed by atoms with E-state index in [0.29, 0.717) is 11.5 Å². The number of carboxylic acid groups (broad SMARTS) is 1. The number of likely N-dealkylation sites (tertiary alicyclic amines) is 1. The molecule has 2 amide bonds. The second-order valence-corrected chi connectivity index (χ2v) is 12.6. The van der Waals surface area contributed by atoms with Crippen molar-refractivity contribution in [3.8, 4) is 10.4 Å². The minimum Gasteiger partial charge on any atom is -0.479 e. The Morgan fingerprint density at radius 1 is 1.15 bits per heavy atom. The molecule has 212 valence electrons. The van der Waals surface area contributed by atoms with E-state index < -0.39 is 41.5 Å². The molecular weight excluding hydrogens is 532 g/mol. The van der Waals surface area contributed by atoms with Crippen LogP contribution in [0.1, 0.15) is 75.0 Å². The first kappa shape index (κ1) is 27.9. The number of thiazole rings is 1. The molecule has 0 radical (unpaired) electrons. The van der Waals surface area contributed by atoms with Crippen LogP contribution in [0.5, 0.6) is 0 Å². The van der Waals surface area contributed by atoms with Gasteiger partial charge < -0.3 is 20.4 Å². The van der Waals surface area contributed by atoms with Gasteiger partial charge >= 0.3 is 5.97 Å². The van der Waals surface area contributed by atoms with Crippen molar-refractivity contribution in [2.24, 2.45) is 5.41 Å². The number of hydrogen-bond acceptors (Lipinski definition) is 8. The highest BCUT2D eigenvalue weighted by molar-refractivity contribution is 7.13. The summed E-state index contributed by atoms with van der Waals surface area (Å²) in [7, 11) is 0. The number of nitrogens with one attached hydrogen (secondary N) is 1. The number of amides is 2. The lowest BCUT2D eigenvalue weighted by Crippen LogP contribution is -2.51. The molecule has 2 aliphatic rings. The Morgan fingerprint density at radius 3 is 2.42 bits per heavy atom. The van der Waals surface area contributed by atoms with Crippen LogP contribution in [0.3, 0.4) is 0 Å². The highest BCUT2D eigenvalue weighted by atomic mass is 32.1. The van der Waals surface area contributed by atoms with Gasteiger partial charge in [0.2, 0.25) is 11.8 Å². The fourth-order valence-corrected chi connectivity index (χ4v) is 6.07. The largest absolute Gasteiger partial charge is 0.479 e. The number of carbonyl (C=O) groups is 3. The van der Waals surface area contributed by atoms with Gasteiger partial charge in [0.1, 0.15) is 12.1 Å². The third kappa shape index (κ3) is 5.64. The number of β-amino-alcohol motifs (C(OH)–C–C–N with tert-alkyl or cyclic N) is 1. The fraction of sp³-hybridized carbons (Fsp3) is 0.500. The highest BCUT2D eigenvalue weighted by Gasteiger charge is 2.46. The van der Waals surface area contributed by atoms with Crippen molar-refractivity contribution in [1.29, 1.82) is 0 Å². The van der Waals surface area contributed by atoms with E-state index in [1.807, 2.05) is 27.7 Å². The van der Waals surface area contributed by atoms with Crippen LogP contribution in [0.15, 0.2) is 36.0 Å². The van der Waals surface area contributed by atoms with Crippen molar-refractivity contribution in [3.05, 3.63) is 52.9 Å². The average Bonchev–Trinajstić information content (AvgIpc) is 3.26. The maximum atomic E-state index is 13.9. The normalized spacial score (nSPS) is 20.8. The number of aliphatic carboxylic acids is 1. The van der Waals surface area contributed by atoms with Crippen molar-refractivity contribution in [2.75, 3.05) is 6.54 Å². The van der Waals surface area contributed by atoms with E-state index in [2.05, 4.69) is 20.6 Å². The molecule has 12 heteroatoms. The number of aliphatic hydroxyl groups is 1. The molecule has 3 N–H and O–H groups in total. The Morgan fingerprint density at radius 2 is 1.85 bits per heavy atom. The van der Waals surface area contributed by atoms with E-state index in [4.69, 9.17) is 0 Å². The molecule has 2 aromatic heterocycles. The van der Waals surface area contributed by atoms with Gasteiger partial charge in [0, 0.05) is 25.1 Å². The van der Waals surface area contributed by atoms with Crippen LogP contribution < -0.4 is 5.32 Å². The summed E-state index contributed by atoms with van der Waals surface area (Å²) >= 11 is 1.49. The van der Waals surface area contributed by atoms with Gasteiger partial charge in [0.25, 0.3) is 0 Å². The topological polar surface area (TPSA) is 151 Å². The number of carbonyl (C=O) groups excluding carboxylic acids is 2. The number of aromatic nitrogens is 4. The van der Waals surface area contributed by atoms with Gasteiger partial charge in [-0.1, -0.05) is 50.3 Å². The molecule has 4 atom stereocenters. The fourth-order valence-electron chi connectivity index (χ4n) is 5.26.